The molecule has 0 heterocycles. The van der Waals surface area contributed by atoms with Gasteiger partial charge in [-0.05, 0) is 58.7 Å². The summed E-state index contributed by atoms with van der Waals surface area (Å²) in [7, 11) is 0. The van der Waals surface area contributed by atoms with Crippen LogP contribution in [0.3, 0.4) is 0 Å². The van der Waals surface area contributed by atoms with E-state index in [1.54, 1.807) is 6.07 Å². The number of rotatable bonds is 4. The Morgan fingerprint density at radius 2 is 2.06 bits per heavy atom. The first kappa shape index (κ1) is 14.0. The highest BCUT2D eigenvalue weighted by atomic mass is 79.9. The predicted octanol–water partition coefficient (Wildman–Crippen LogP) is 4.43. The van der Waals surface area contributed by atoms with Crippen LogP contribution in [0.1, 0.15) is 44.6 Å². The van der Waals surface area contributed by atoms with Gasteiger partial charge in [0.15, 0.2) is 0 Å². The zero-order valence-corrected chi connectivity index (χ0v) is 12.5. The molecule has 1 nitrogen and oxygen atoms in total. The molecule has 2 N–H and O–H groups in total. The van der Waals surface area contributed by atoms with E-state index in [0.29, 0.717) is 4.47 Å². The highest BCUT2D eigenvalue weighted by molar-refractivity contribution is 9.10. The molecule has 0 saturated heterocycles. The van der Waals surface area contributed by atoms with E-state index in [2.05, 4.69) is 22.9 Å². The lowest BCUT2D eigenvalue weighted by atomic mass is 9.74. The third kappa shape index (κ3) is 2.62. The van der Waals surface area contributed by atoms with Crippen LogP contribution in [0.25, 0.3) is 0 Å². The van der Waals surface area contributed by atoms with Crippen LogP contribution in [0.5, 0.6) is 0 Å². The van der Waals surface area contributed by atoms with Gasteiger partial charge >= 0.3 is 0 Å². The van der Waals surface area contributed by atoms with Gasteiger partial charge in [0.05, 0.1) is 4.47 Å². The molecule has 1 aromatic rings. The third-order valence-corrected chi connectivity index (χ3v) is 5.45. The average molecular weight is 314 g/mol. The highest BCUT2D eigenvalue weighted by Crippen LogP contribution is 2.44. The van der Waals surface area contributed by atoms with E-state index >= 15 is 0 Å². The smallest absolute Gasteiger partial charge is 0.137 e. The molecular formula is C15H21BrFN. The van der Waals surface area contributed by atoms with Gasteiger partial charge in [0.1, 0.15) is 5.82 Å². The van der Waals surface area contributed by atoms with Gasteiger partial charge < -0.3 is 5.73 Å². The Morgan fingerprint density at radius 3 is 2.67 bits per heavy atom. The summed E-state index contributed by atoms with van der Waals surface area (Å²) < 4.78 is 14.1. The summed E-state index contributed by atoms with van der Waals surface area (Å²) in [4.78, 5) is 0. The molecule has 0 radical (unpaired) electrons. The molecule has 3 heteroatoms. The summed E-state index contributed by atoms with van der Waals surface area (Å²) in [5.74, 6) is -0.198. The van der Waals surface area contributed by atoms with Crippen molar-refractivity contribution < 1.29 is 4.39 Å². The van der Waals surface area contributed by atoms with Crippen LogP contribution in [0.4, 0.5) is 4.39 Å². The molecule has 1 fully saturated rings. The monoisotopic (exact) mass is 313 g/mol. The molecule has 2 rings (SSSR count). The van der Waals surface area contributed by atoms with Gasteiger partial charge in [-0.25, -0.2) is 4.39 Å². The van der Waals surface area contributed by atoms with Crippen molar-refractivity contribution in [2.24, 2.45) is 11.1 Å². The Bertz CT molecular complexity index is 413. The van der Waals surface area contributed by atoms with Crippen molar-refractivity contribution in [2.75, 3.05) is 0 Å². The summed E-state index contributed by atoms with van der Waals surface area (Å²) in [5.41, 5.74) is 7.69. The number of hydrogen-bond donors (Lipinski definition) is 1. The molecule has 0 aromatic heterocycles. The average Bonchev–Trinajstić information content (AvgIpc) is 2.85. The van der Waals surface area contributed by atoms with E-state index in [1.807, 2.05) is 6.07 Å². The number of nitrogens with two attached hydrogens (primary N) is 1. The minimum Gasteiger partial charge on any atom is -0.327 e. The van der Waals surface area contributed by atoms with Crippen LogP contribution in [0, 0.1) is 11.2 Å². The van der Waals surface area contributed by atoms with Crippen LogP contribution < -0.4 is 5.73 Å². The molecule has 0 amide bonds. The van der Waals surface area contributed by atoms with E-state index in [9.17, 15) is 4.39 Å². The molecule has 1 unspecified atom stereocenters. The highest BCUT2D eigenvalue weighted by Gasteiger charge is 2.37. The Balaban J connectivity index is 2.15. The molecule has 0 spiro atoms. The van der Waals surface area contributed by atoms with Gasteiger partial charge in [-0.15, -0.1) is 0 Å². The van der Waals surface area contributed by atoms with E-state index < -0.39 is 0 Å². The Labute approximate surface area is 117 Å². The zero-order valence-electron chi connectivity index (χ0n) is 10.9. The molecule has 100 valence electrons. The first-order valence-electron chi connectivity index (χ1n) is 6.77. The second-order valence-corrected chi connectivity index (χ2v) is 6.24. The van der Waals surface area contributed by atoms with Crippen molar-refractivity contribution in [2.45, 2.75) is 51.5 Å². The van der Waals surface area contributed by atoms with Crippen molar-refractivity contribution in [3.63, 3.8) is 0 Å². The quantitative estimate of drug-likeness (QED) is 0.874. The van der Waals surface area contributed by atoms with E-state index in [0.717, 1.165) is 18.4 Å². The van der Waals surface area contributed by atoms with Gasteiger partial charge in [0.25, 0.3) is 0 Å². The zero-order chi connectivity index (χ0) is 13.2. The normalized spacial score (nSPS) is 20.0. The van der Waals surface area contributed by atoms with Crippen LogP contribution in [-0.2, 0) is 6.42 Å². The molecular weight excluding hydrogens is 293 g/mol. The Kier molecular flexibility index (Phi) is 4.44. The van der Waals surface area contributed by atoms with E-state index in [4.69, 9.17) is 5.73 Å². The van der Waals surface area contributed by atoms with Crippen molar-refractivity contribution >= 4 is 15.9 Å². The first-order chi connectivity index (χ1) is 8.59. The van der Waals surface area contributed by atoms with E-state index in [-0.39, 0.29) is 17.3 Å². The SMILES string of the molecule is CCC1(C(N)Cc2cccc(F)c2Br)CCCC1. The second kappa shape index (κ2) is 5.70. The van der Waals surface area contributed by atoms with Crippen LogP contribution in [-0.4, -0.2) is 6.04 Å². The van der Waals surface area contributed by atoms with Crippen LogP contribution >= 0.6 is 15.9 Å². The van der Waals surface area contributed by atoms with Crippen molar-refractivity contribution in [1.82, 2.24) is 0 Å². The molecule has 1 saturated carbocycles. The summed E-state index contributed by atoms with van der Waals surface area (Å²) >= 11 is 3.33. The molecule has 0 aliphatic heterocycles. The minimum atomic E-state index is -0.198. The van der Waals surface area contributed by atoms with Crippen molar-refractivity contribution in [1.29, 1.82) is 0 Å². The van der Waals surface area contributed by atoms with Crippen molar-refractivity contribution in [3.8, 4) is 0 Å². The number of hydrogen-bond acceptors (Lipinski definition) is 1. The van der Waals surface area contributed by atoms with Gasteiger partial charge in [-0.3, -0.25) is 0 Å². The molecule has 0 bridgehead atoms. The number of halogens is 2. The molecule has 1 aromatic carbocycles. The summed E-state index contributed by atoms with van der Waals surface area (Å²) in [6, 6.07) is 5.33. The van der Waals surface area contributed by atoms with Gasteiger partial charge in [0, 0.05) is 6.04 Å². The van der Waals surface area contributed by atoms with E-state index in [1.165, 1.54) is 31.7 Å². The van der Waals surface area contributed by atoms with Crippen LogP contribution in [0.2, 0.25) is 0 Å². The standard InChI is InChI=1S/C15H21BrFN/c1-2-15(8-3-4-9-15)13(18)10-11-6-5-7-12(17)14(11)16/h5-7,13H,2-4,8-10,18H2,1H3. The fourth-order valence-electron chi connectivity index (χ4n) is 3.23. The van der Waals surface area contributed by atoms with Gasteiger partial charge in [-0.1, -0.05) is 31.9 Å². The summed E-state index contributed by atoms with van der Waals surface area (Å²) in [5, 5.41) is 0. The van der Waals surface area contributed by atoms with Gasteiger partial charge in [-0.2, -0.15) is 0 Å². The summed E-state index contributed by atoms with van der Waals surface area (Å²) in [6.07, 6.45) is 6.89. The molecule has 1 atom stereocenters. The second-order valence-electron chi connectivity index (χ2n) is 5.45. The Hall–Kier alpha value is -0.410. The van der Waals surface area contributed by atoms with Gasteiger partial charge in [0.2, 0.25) is 0 Å². The third-order valence-electron chi connectivity index (χ3n) is 4.56. The fraction of sp³-hybridized carbons (Fsp3) is 0.600. The molecule has 1 aliphatic carbocycles. The lowest BCUT2D eigenvalue weighted by molar-refractivity contribution is 0.218. The van der Waals surface area contributed by atoms with Crippen LogP contribution in [0.15, 0.2) is 22.7 Å². The lowest BCUT2D eigenvalue weighted by Crippen LogP contribution is -2.41. The minimum absolute atomic E-state index is 0.128. The first-order valence-corrected chi connectivity index (χ1v) is 7.57. The lowest BCUT2D eigenvalue weighted by Gasteiger charge is -2.34. The molecule has 1 aliphatic rings. The Morgan fingerprint density at radius 1 is 1.39 bits per heavy atom. The fourth-order valence-corrected chi connectivity index (χ4v) is 3.65. The topological polar surface area (TPSA) is 26.0 Å². The largest absolute Gasteiger partial charge is 0.327 e. The maximum atomic E-state index is 13.5. The maximum Gasteiger partial charge on any atom is 0.137 e. The summed E-state index contributed by atoms with van der Waals surface area (Å²) in [6.45, 7) is 2.23. The van der Waals surface area contributed by atoms with Crippen molar-refractivity contribution in [3.05, 3.63) is 34.1 Å². The number of benzene rings is 1. The maximum absolute atomic E-state index is 13.5. The molecule has 18 heavy (non-hydrogen) atoms. The predicted molar refractivity (Wildman–Crippen MR) is 77.0 cm³/mol.